The van der Waals surface area contributed by atoms with Crippen molar-refractivity contribution in [3.8, 4) is 0 Å². The molecule has 1 aromatic heterocycles. The van der Waals surface area contributed by atoms with E-state index in [-0.39, 0.29) is 6.04 Å². The van der Waals surface area contributed by atoms with Gasteiger partial charge in [-0.3, -0.25) is 15.1 Å². The van der Waals surface area contributed by atoms with Crippen LogP contribution < -0.4 is 10.6 Å². The lowest BCUT2D eigenvalue weighted by Gasteiger charge is -2.15. The molecule has 7 heteroatoms. The molecule has 7 nitrogen and oxygen atoms in total. The van der Waals surface area contributed by atoms with Gasteiger partial charge in [-0.15, -0.1) is 0 Å². The first-order chi connectivity index (χ1) is 12.8. The van der Waals surface area contributed by atoms with Gasteiger partial charge < -0.3 is 10.1 Å². The largest absolute Gasteiger partial charge is 0.449 e. The summed E-state index contributed by atoms with van der Waals surface area (Å²) in [5.41, 5.74) is 1.98. The molecule has 0 aliphatic heterocycles. The van der Waals surface area contributed by atoms with Crippen molar-refractivity contribution in [3.05, 3.63) is 41.6 Å². The molecular weight excluding hydrogens is 346 g/mol. The van der Waals surface area contributed by atoms with E-state index in [4.69, 9.17) is 4.74 Å². The molecule has 2 aromatic rings. The minimum absolute atomic E-state index is 0.111. The number of amides is 3. The number of para-hydroxylation sites is 1. The number of urea groups is 1. The minimum Gasteiger partial charge on any atom is -0.449 e. The average molecular weight is 369 g/mol. The zero-order chi connectivity index (χ0) is 19.6. The molecule has 3 rings (SSSR count). The van der Waals surface area contributed by atoms with Crippen molar-refractivity contribution in [3.63, 3.8) is 0 Å². The lowest BCUT2D eigenvalue weighted by Crippen LogP contribution is -2.46. The Kier molecular flexibility index (Phi) is 5.39. The number of carbonyl (C=O) groups excluding carboxylic acids is 3. The third kappa shape index (κ3) is 4.61. The van der Waals surface area contributed by atoms with Crippen LogP contribution in [0.4, 0.5) is 4.79 Å². The van der Waals surface area contributed by atoms with E-state index in [1.54, 1.807) is 26.0 Å². The molecule has 1 aliphatic carbocycles. The molecule has 3 amide bonds. The van der Waals surface area contributed by atoms with Gasteiger partial charge in [0.05, 0.1) is 11.1 Å². The number of pyridine rings is 1. The highest BCUT2D eigenvalue weighted by Gasteiger charge is 2.28. The van der Waals surface area contributed by atoms with Crippen molar-refractivity contribution >= 4 is 28.8 Å². The molecule has 0 bridgehead atoms. The van der Waals surface area contributed by atoms with Crippen LogP contribution in [-0.4, -0.2) is 35.0 Å². The van der Waals surface area contributed by atoms with Crippen LogP contribution in [0, 0.1) is 0 Å². The predicted molar refractivity (Wildman–Crippen MR) is 100 cm³/mol. The summed E-state index contributed by atoms with van der Waals surface area (Å²) in [4.78, 5) is 41.0. The Balaban J connectivity index is 1.75. The number of aromatic nitrogens is 1. The maximum Gasteiger partial charge on any atom is 0.339 e. The van der Waals surface area contributed by atoms with Gasteiger partial charge in [0, 0.05) is 23.0 Å². The van der Waals surface area contributed by atoms with Gasteiger partial charge in [-0.2, -0.15) is 0 Å². The molecule has 1 aromatic carbocycles. The highest BCUT2D eigenvalue weighted by atomic mass is 16.5. The van der Waals surface area contributed by atoms with Gasteiger partial charge in [-0.1, -0.05) is 18.2 Å². The van der Waals surface area contributed by atoms with Gasteiger partial charge in [0.25, 0.3) is 5.91 Å². The van der Waals surface area contributed by atoms with Gasteiger partial charge in [-0.05, 0) is 45.7 Å². The fourth-order valence-corrected chi connectivity index (χ4v) is 2.74. The summed E-state index contributed by atoms with van der Waals surface area (Å²) in [5, 5.41) is 5.39. The van der Waals surface area contributed by atoms with Crippen molar-refractivity contribution in [1.82, 2.24) is 15.6 Å². The highest BCUT2D eigenvalue weighted by molar-refractivity contribution is 6.05. The van der Waals surface area contributed by atoms with Gasteiger partial charge in [0.2, 0.25) is 0 Å². The number of esters is 1. The summed E-state index contributed by atoms with van der Waals surface area (Å²) in [6.45, 7) is 4.99. The molecule has 1 saturated carbocycles. The SMILES string of the molecule is CC(C)NC(=O)NC(=O)[C@H](C)OC(=O)c1cc(C2CC2)nc2ccccc12. The number of ether oxygens (including phenoxy) is 1. The van der Waals surface area contributed by atoms with Crippen LogP contribution in [-0.2, 0) is 9.53 Å². The number of hydrogen-bond acceptors (Lipinski definition) is 5. The number of nitrogens with one attached hydrogen (secondary N) is 2. The van der Waals surface area contributed by atoms with Crippen LogP contribution in [0.15, 0.2) is 30.3 Å². The van der Waals surface area contributed by atoms with Crippen LogP contribution in [0.5, 0.6) is 0 Å². The Morgan fingerprint density at radius 2 is 1.85 bits per heavy atom. The van der Waals surface area contributed by atoms with E-state index in [2.05, 4.69) is 15.6 Å². The maximum absolute atomic E-state index is 12.7. The van der Waals surface area contributed by atoms with Gasteiger partial charge >= 0.3 is 12.0 Å². The summed E-state index contributed by atoms with van der Waals surface area (Å²) in [5.74, 6) is -0.911. The first-order valence-corrected chi connectivity index (χ1v) is 9.07. The molecule has 0 saturated heterocycles. The molecule has 27 heavy (non-hydrogen) atoms. The number of rotatable bonds is 5. The lowest BCUT2D eigenvalue weighted by molar-refractivity contribution is -0.127. The monoisotopic (exact) mass is 369 g/mol. The van der Waals surface area contributed by atoms with E-state index in [1.807, 2.05) is 18.2 Å². The van der Waals surface area contributed by atoms with E-state index in [9.17, 15) is 14.4 Å². The molecule has 1 atom stereocenters. The molecular formula is C20H23N3O4. The number of nitrogens with zero attached hydrogens (tertiary/aromatic N) is 1. The number of fused-ring (bicyclic) bond motifs is 1. The predicted octanol–water partition coefficient (Wildman–Crippen LogP) is 2.89. The highest BCUT2D eigenvalue weighted by Crippen LogP contribution is 2.40. The van der Waals surface area contributed by atoms with E-state index in [0.29, 0.717) is 16.9 Å². The van der Waals surface area contributed by atoms with Crippen molar-refractivity contribution in [1.29, 1.82) is 0 Å². The fourth-order valence-electron chi connectivity index (χ4n) is 2.74. The zero-order valence-electron chi connectivity index (χ0n) is 15.6. The normalized spacial score (nSPS) is 14.7. The quantitative estimate of drug-likeness (QED) is 0.790. The number of hydrogen-bond donors (Lipinski definition) is 2. The van der Waals surface area contributed by atoms with Crippen molar-refractivity contribution in [2.24, 2.45) is 0 Å². The van der Waals surface area contributed by atoms with Gasteiger partial charge in [0.15, 0.2) is 6.10 Å². The van der Waals surface area contributed by atoms with Crippen LogP contribution in [0.25, 0.3) is 10.9 Å². The van der Waals surface area contributed by atoms with Crippen molar-refractivity contribution in [2.75, 3.05) is 0 Å². The topological polar surface area (TPSA) is 97.4 Å². The molecule has 2 N–H and O–H groups in total. The molecule has 1 aliphatic rings. The molecule has 142 valence electrons. The third-order valence-corrected chi connectivity index (χ3v) is 4.26. The zero-order valence-corrected chi connectivity index (χ0v) is 15.6. The molecule has 0 radical (unpaired) electrons. The van der Waals surface area contributed by atoms with Crippen LogP contribution in [0.1, 0.15) is 55.6 Å². The maximum atomic E-state index is 12.7. The van der Waals surface area contributed by atoms with E-state index in [1.165, 1.54) is 6.92 Å². The summed E-state index contributed by atoms with van der Waals surface area (Å²) < 4.78 is 5.31. The van der Waals surface area contributed by atoms with Crippen molar-refractivity contribution < 1.29 is 19.1 Å². The fraction of sp³-hybridized carbons (Fsp3) is 0.400. The minimum atomic E-state index is -1.10. The Morgan fingerprint density at radius 3 is 2.52 bits per heavy atom. The van der Waals surface area contributed by atoms with Crippen LogP contribution in [0.2, 0.25) is 0 Å². The number of carbonyl (C=O) groups is 3. The molecule has 1 fully saturated rings. The van der Waals surface area contributed by atoms with E-state index < -0.39 is 24.0 Å². The number of imide groups is 1. The smallest absolute Gasteiger partial charge is 0.339 e. The van der Waals surface area contributed by atoms with Gasteiger partial charge in [0.1, 0.15) is 0 Å². The first kappa shape index (κ1) is 18.8. The summed E-state index contributed by atoms with van der Waals surface area (Å²) >= 11 is 0. The van der Waals surface area contributed by atoms with Gasteiger partial charge in [-0.25, -0.2) is 9.59 Å². The first-order valence-electron chi connectivity index (χ1n) is 9.07. The molecule has 1 heterocycles. The standard InChI is InChI=1S/C20H23N3O4/c1-11(2)21-20(26)23-18(24)12(3)27-19(25)15-10-17(13-8-9-13)22-16-7-5-4-6-14(15)16/h4-7,10-13H,8-9H2,1-3H3,(H2,21,23,24,26)/t12-/m0/s1. The van der Waals surface area contributed by atoms with Crippen LogP contribution in [0.3, 0.4) is 0 Å². The lowest BCUT2D eigenvalue weighted by atomic mass is 10.1. The Bertz CT molecular complexity index is 890. The Morgan fingerprint density at radius 1 is 1.15 bits per heavy atom. The molecule has 0 spiro atoms. The van der Waals surface area contributed by atoms with E-state index >= 15 is 0 Å². The van der Waals surface area contributed by atoms with E-state index in [0.717, 1.165) is 24.1 Å². The number of benzene rings is 1. The van der Waals surface area contributed by atoms with Crippen LogP contribution >= 0.6 is 0 Å². The summed E-state index contributed by atoms with van der Waals surface area (Å²) in [6.07, 6.45) is 1.01. The summed E-state index contributed by atoms with van der Waals surface area (Å²) in [7, 11) is 0. The van der Waals surface area contributed by atoms with Crippen molar-refractivity contribution in [2.45, 2.75) is 51.7 Å². The second-order valence-electron chi connectivity index (χ2n) is 7.05. The summed E-state index contributed by atoms with van der Waals surface area (Å²) in [6, 6.07) is 8.36. The Labute approximate surface area is 157 Å². The second kappa shape index (κ2) is 7.73. The average Bonchev–Trinajstić information content (AvgIpc) is 3.44. The Hall–Kier alpha value is -2.96. The molecule has 0 unspecified atom stereocenters. The second-order valence-corrected chi connectivity index (χ2v) is 7.05. The third-order valence-electron chi connectivity index (χ3n) is 4.26.